The maximum atomic E-state index is 6.34. The van der Waals surface area contributed by atoms with E-state index in [0.29, 0.717) is 0 Å². The molecule has 77 heavy (non-hydrogen) atoms. The molecular weight excluding hydrogens is 953 g/mol. The molecule has 17 rings (SSSR count). The monoisotopic (exact) mass is 996 g/mol. The van der Waals surface area contributed by atoms with Crippen molar-refractivity contribution in [1.29, 1.82) is 0 Å². The molecule has 12 aromatic carbocycles. The second-order valence-electron chi connectivity index (χ2n) is 20.7. The van der Waals surface area contributed by atoms with Gasteiger partial charge < -0.3 is 13.9 Å². The summed E-state index contributed by atoms with van der Waals surface area (Å²) in [4.78, 5) is 2.45. The van der Waals surface area contributed by atoms with Gasteiger partial charge in [-0.3, -0.25) is 0 Å². The van der Waals surface area contributed by atoms with Crippen LogP contribution in [0.25, 0.3) is 114 Å². The molecule has 358 valence electrons. The zero-order valence-electron chi connectivity index (χ0n) is 41.6. The summed E-state index contributed by atoms with van der Waals surface area (Å²) in [5, 5.41) is 7.25. The fraction of sp³-hybridized carbons (Fsp3) is 0.0137. The molecule has 3 heterocycles. The lowest BCUT2D eigenvalue weighted by Gasteiger charge is -2.32. The highest BCUT2D eigenvalue weighted by molar-refractivity contribution is 7.26. The van der Waals surface area contributed by atoms with Gasteiger partial charge in [-0.1, -0.05) is 188 Å². The molecule has 0 atom stereocenters. The van der Waals surface area contributed by atoms with Crippen LogP contribution in [0.1, 0.15) is 22.3 Å². The number of benzene rings is 12. The van der Waals surface area contributed by atoms with Gasteiger partial charge in [0.25, 0.3) is 0 Å². The van der Waals surface area contributed by atoms with Gasteiger partial charge in [0.1, 0.15) is 11.2 Å². The van der Waals surface area contributed by atoms with Gasteiger partial charge in [-0.2, -0.15) is 0 Å². The van der Waals surface area contributed by atoms with Crippen molar-refractivity contribution in [3.05, 3.63) is 289 Å². The first-order valence-corrected chi connectivity index (χ1v) is 27.3. The third-order valence-electron chi connectivity index (χ3n) is 16.8. The Bertz CT molecular complexity index is 4860. The number of aromatic nitrogens is 1. The van der Waals surface area contributed by atoms with Crippen molar-refractivity contribution in [2.75, 3.05) is 4.90 Å². The third-order valence-corrected chi connectivity index (χ3v) is 18.0. The number of fused-ring (bicyclic) bond motifs is 20. The van der Waals surface area contributed by atoms with Crippen LogP contribution in [-0.2, 0) is 5.41 Å². The molecule has 0 aliphatic heterocycles. The molecule has 3 nitrogen and oxygen atoms in total. The molecule has 0 saturated heterocycles. The Morgan fingerprint density at radius 1 is 0.351 bits per heavy atom. The first-order valence-electron chi connectivity index (χ1n) is 26.5. The van der Waals surface area contributed by atoms with E-state index >= 15 is 0 Å². The summed E-state index contributed by atoms with van der Waals surface area (Å²) in [5.41, 5.74) is 23.5. The van der Waals surface area contributed by atoms with Crippen LogP contribution in [0.4, 0.5) is 17.1 Å². The van der Waals surface area contributed by atoms with Crippen LogP contribution in [0.5, 0.6) is 0 Å². The number of furan rings is 1. The molecule has 0 fully saturated rings. The number of thiophene rings is 1. The van der Waals surface area contributed by atoms with Crippen LogP contribution in [0, 0.1) is 0 Å². The van der Waals surface area contributed by atoms with E-state index in [4.69, 9.17) is 4.42 Å². The lowest BCUT2D eigenvalue weighted by atomic mass is 9.70. The highest BCUT2D eigenvalue weighted by Crippen LogP contribution is 2.63. The fourth-order valence-corrected chi connectivity index (χ4v) is 14.8. The maximum absolute atomic E-state index is 6.34. The Kier molecular flexibility index (Phi) is 8.92. The predicted octanol–water partition coefficient (Wildman–Crippen LogP) is 20.2. The van der Waals surface area contributed by atoms with Crippen LogP contribution in [0.3, 0.4) is 0 Å². The minimum atomic E-state index is -0.459. The largest absolute Gasteiger partial charge is 0.456 e. The van der Waals surface area contributed by atoms with Crippen molar-refractivity contribution < 1.29 is 4.42 Å². The average molecular weight is 997 g/mol. The molecule has 2 aliphatic rings. The average Bonchev–Trinajstić information content (AvgIpc) is 4.39. The minimum absolute atomic E-state index is 0.459. The van der Waals surface area contributed by atoms with E-state index in [2.05, 4.69) is 270 Å². The van der Waals surface area contributed by atoms with E-state index in [9.17, 15) is 0 Å². The zero-order chi connectivity index (χ0) is 50.3. The number of nitrogens with zero attached hydrogens (tertiary/aromatic N) is 2. The van der Waals surface area contributed by atoms with Crippen molar-refractivity contribution in [2.24, 2.45) is 0 Å². The molecule has 1 spiro atoms. The molecular formula is C73H44N2OS. The zero-order valence-corrected chi connectivity index (χ0v) is 42.4. The van der Waals surface area contributed by atoms with E-state index < -0.39 is 5.41 Å². The summed E-state index contributed by atoms with van der Waals surface area (Å²) in [5.74, 6) is 0. The molecule has 0 amide bonds. The van der Waals surface area contributed by atoms with E-state index in [-0.39, 0.29) is 0 Å². The first-order chi connectivity index (χ1) is 38.2. The van der Waals surface area contributed by atoms with Gasteiger partial charge in [-0.15, -0.1) is 11.3 Å². The number of hydrogen-bond donors (Lipinski definition) is 0. The van der Waals surface area contributed by atoms with Crippen LogP contribution >= 0.6 is 11.3 Å². The molecule has 0 N–H and O–H groups in total. The maximum Gasteiger partial charge on any atom is 0.135 e. The third kappa shape index (κ3) is 5.96. The lowest BCUT2D eigenvalue weighted by molar-refractivity contribution is 0.669. The molecule has 15 aromatic rings. The van der Waals surface area contributed by atoms with Gasteiger partial charge in [-0.05, 0) is 140 Å². The molecule has 3 aromatic heterocycles. The Labute approximate surface area is 448 Å². The summed E-state index contributed by atoms with van der Waals surface area (Å²) in [6.45, 7) is 0. The van der Waals surface area contributed by atoms with Crippen molar-refractivity contribution in [2.45, 2.75) is 5.41 Å². The second-order valence-corrected chi connectivity index (χ2v) is 21.7. The first kappa shape index (κ1) is 42.6. The highest BCUT2D eigenvalue weighted by Gasteiger charge is 2.51. The summed E-state index contributed by atoms with van der Waals surface area (Å²) in [6.07, 6.45) is 0. The van der Waals surface area contributed by atoms with E-state index in [1.807, 2.05) is 17.4 Å². The van der Waals surface area contributed by atoms with Crippen LogP contribution in [-0.4, -0.2) is 4.57 Å². The Hall–Kier alpha value is -9.74. The van der Waals surface area contributed by atoms with Gasteiger partial charge in [-0.25, -0.2) is 0 Å². The number of anilines is 3. The summed E-state index contributed by atoms with van der Waals surface area (Å²) >= 11 is 1.89. The normalized spacial score (nSPS) is 13.0. The summed E-state index contributed by atoms with van der Waals surface area (Å²) in [6, 6.07) is 98.8. The van der Waals surface area contributed by atoms with Crippen molar-refractivity contribution in [3.63, 3.8) is 0 Å². The van der Waals surface area contributed by atoms with Crippen molar-refractivity contribution in [3.8, 4) is 50.2 Å². The van der Waals surface area contributed by atoms with E-state index in [0.717, 1.165) is 44.7 Å². The van der Waals surface area contributed by atoms with Gasteiger partial charge in [0.15, 0.2) is 0 Å². The number of para-hydroxylation sites is 2. The highest BCUT2D eigenvalue weighted by atomic mass is 32.1. The van der Waals surface area contributed by atoms with Crippen molar-refractivity contribution in [1.82, 2.24) is 4.57 Å². The minimum Gasteiger partial charge on any atom is -0.456 e. The molecule has 0 saturated carbocycles. The Balaban J connectivity index is 0.863. The standard InChI is InChI=1S/C73H44N2OS/c1-2-16-45(17-3-1)46-30-34-48(35-31-46)74(51-38-40-55-54-20-6-12-26-64(54)73(65(55)43-51)62-24-10-4-18-52(62)53-19-5-11-25-63(53)73)49-36-32-47(33-37-49)59-44-61-56-21-7-13-27-66(56)75(71(61)70-58-23-9-15-29-69(58)77-72(59)70)50-39-41-68-60(42-50)57-22-8-14-28-67(57)76-68/h1-44H. The molecule has 2 aliphatic carbocycles. The van der Waals surface area contributed by atoms with Gasteiger partial charge in [0.2, 0.25) is 0 Å². The van der Waals surface area contributed by atoms with Crippen LogP contribution in [0.15, 0.2) is 271 Å². The van der Waals surface area contributed by atoms with Crippen LogP contribution < -0.4 is 4.90 Å². The van der Waals surface area contributed by atoms with Gasteiger partial charge in [0, 0.05) is 70.0 Å². The quantitative estimate of drug-likeness (QED) is 0.166. The number of hydrogen-bond acceptors (Lipinski definition) is 3. The van der Waals surface area contributed by atoms with E-state index in [1.54, 1.807) is 0 Å². The molecule has 0 radical (unpaired) electrons. The van der Waals surface area contributed by atoms with E-state index in [1.165, 1.54) is 109 Å². The summed E-state index contributed by atoms with van der Waals surface area (Å²) in [7, 11) is 0. The van der Waals surface area contributed by atoms with Gasteiger partial charge in [0.05, 0.1) is 16.4 Å². The molecule has 0 bridgehead atoms. The lowest BCUT2D eigenvalue weighted by Crippen LogP contribution is -2.26. The second kappa shape index (κ2) is 16.1. The van der Waals surface area contributed by atoms with Crippen molar-refractivity contribution >= 4 is 92.3 Å². The Morgan fingerprint density at radius 2 is 0.896 bits per heavy atom. The SMILES string of the molecule is c1ccc(-c2ccc(N(c3ccc(-c4cc5c6ccccc6n(-c6ccc7oc8ccccc8c7c6)c5c5c4sc4ccccc45)cc3)c3ccc4c(c3)C3(c5ccccc5-c5ccccc53)c3ccccc3-4)cc2)cc1. The summed E-state index contributed by atoms with van der Waals surface area (Å²) < 4.78 is 11.4. The predicted molar refractivity (Wildman–Crippen MR) is 323 cm³/mol. The topological polar surface area (TPSA) is 21.3 Å². The Morgan fingerprint density at radius 3 is 1.61 bits per heavy atom. The fourth-order valence-electron chi connectivity index (χ4n) is 13.6. The van der Waals surface area contributed by atoms with Gasteiger partial charge >= 0.3 is 0 Å². The smallest absolute Gasteiger partial charge is 0.135 e. The van der Waals surface area contributed by atoms with Crippen LogP contribution in [0.2, 0.25) is 0 Å². The number of rotatable bonds is 6. The molecule has 0 unspecified atom stereocenters. The molecule has 4 heteroatoms.